The van der Waals surface area contributed by atoms with Gasteiger partial charge in [0.05, 0.1) is 43.5 Å². The van der Waals surface area contributed by atoms with Crippen molar-refractivity contribution >= 4 is 23.4 Å². The van der Waals surface area contributed by atoms with Crippen LogP contribution in [0.25, 0.3) is 11.3 Å². The molecule has 2 amide bonds. The largest absolute Gasteiger partial charge is 0.484 e. The summed E-state index contributed by atoms with van der Waals surface area (Å²) in [4.78, 5) is 15.8. The zero-order chi connectivity index (χ0) is 32.5. The first kappa shape index (κ1) is 30.7. The number of hydrogen-bond acceptors (Lipinski definition) is 8. The van der Waals surface area contributed by atoms with Crippen LogP contribution in [0.2, 0.25) is 0 Å². The highest BCUT2D eigenvalue weighted by Gasteiger charge is 2.31. The van der Waals surface area contributed by atoms with Gasteiger partial charge in [-0.3, -0.25) is 14.4 Å². The summed E-state index contributed by atoms with van der Waals surface area (Å²) in [6.07, 6.45) is 11.0. The van der Waals surface area contributed by atoms with Crippen LogP contribution in [0.5, 0.6) is 5.75 Å². The molecule has 47 heavy (non-hydrogen) atoms. The van der Waals surface area contributed by atoms with Crippen LogP contribution < -0.4 is 20.3 Å². The number of aliphatic hydroxyl groups is 1. The van der Waals surface area contributed by atoms with Crippen LogP contribution in [0.3, 0.4) is 0 Å². The minimum absolute atomic E-state index is 0.0155. The molecule has 0 radical (unpaired) electrons. The van der Waals surface area contributed by atoms with Crippen molar-refractivity contribution in [2.24, 2.45) is 0 Å². The van der Waals surface area contributed by atoms with Crippen molar-refractivity contribution in [3.63, 3.8) is 0 Å². The fourth-order valence-electron chi connectivity index (χ4n) is 6.99. The van der Waals surface area contributed by atoms with Crippen molar-refractivity contribution in [2.75, 3.05) is 16.8 Å². The molecular weight excluding hydrogens is 596 g/mol. The molecule has 1 aromatic carbocycles. The number of aryl methyl sites for hydroxylation is 1. The van der Waals surface area contributed by atoms with Crippen LogP contribution in [0.4, 0.5) is 16.6 Å². The van der Waals surface area contributed by atoms with Gasteiger partial charge in [0.25, 0.3) is 0 Å². The van der Waals surface area contributed by atoms with E-state index in [1.54, 1.807) is 21.8 Å². The third-order valence-electron chi connectivity index (χ3n) is 9.36. The topological polar surface area (TPSA) is 140 Å². The number of ether oxygens (including phenoxy) is 1. The van der Waals surface area contributed by atoms with E-state index in [1.165, 1.54) is 6.42 Å². The number of aliphatic hydroxyl groups excluding tert-OH is 1. The first-order valence-corrected chi connectivity index (χ1v) is 16.6. The number of benzene rings is 1. The summed E-state index contributed by atoms with van der Waals surface area (Å²) >= 11 is 0. The Kier molecular flexibility index (Phi) is 8.54. The summed E-state index contributed by atoms with van der Waals surface area (Å²) in [5.41, 5.74) is 4.43. The predicted octanol–water partition coefficient (Wildman–Crippen LogP) is 5.21. The number of fused-ring (bicyclic) bond motifs is 2. The number of pyridine rings is 1. The maximum Gasteiger partial charge on any atom is 0.320 e. The van der Waals surface area contributed by atoms with Crippen molar-refractivity contribution in [3.05, 3.63) is 77.9 Å². The SMILES string of the molecule is CCc1cc(NC(=O)NC2CCC(Oc3ccc4nnc(N5[C@H](C)CCC[C@@H]5C)n4c3)c3ccccc32)n(-c2cnn(CCO)c2)n1. The van der Waals surface area contributed by atoms with Gasteiger partial charge in [-0.05, 0) is 75.6 Å². The Morgan fingerprint density at radius 1 is 1.02 bits per heavy atom. The summed E-state index contributed by atoms with van der Waals surface area (Å²) in [6, 6.07) is 14.2. The number of nitrogens with one attached hydrogen (secondary N) is 2. The zero-order valence-corrected chi connectivity index (χ0v) is 27.1. The lowest BCUT2D eigenvalue weighted by molar-refractivity contribution is 0.171. The van der Waals surface area contributed by atoms with Crippen LogP contribution >= 0.6 is 0 Å². The van der Waals surface area contributed by atoms with Gasteiger partial charge in [-0.25, -0.2) is 9.48 Å². The van der Waals surface area contributed by atoms with E-state index in [9.17, 15) is 9.90 Å². The summed E-state index contributed by atoms with van der Waals surface area (Å²) < 4.78 is 12.0. The van der Waals surface area contributed by atoms with Crippen LogP contribution in [-0.2, 0) is 13.0 Å². The number of nitrogens with zero attached hydrogens (tertiary/aromatic N) is 8. The number of piperidine rings is 1. The first-order valence-electron chi connectivity index (χ1n) is 16.6. The first-order chi connectivity index (χ1) is 22.9. The van der Waals surface area contributed by atoms with Crippen LogP contribution in [0.1, 0.15) is 81.8 Å². The van der Waals surface area contributed by atoms with Gasteiger partial charge >= 0.3 is 6.03 Å². The number of amides is 2. The van der Waals surface area contributed by atoms with Crippen LogP contribution in [0.15, 0.2) is 61.1 Å². The molecule has 2 aliphatic rings. The van der Waals surface area contributed by atoms with Crippen molar-refractivity contribution < 1.29 is 14.6 Å². The minimum Gasteiger partial charge on any atom is -0.484 e. The smallest absolute Gasteiger partial charge is 0.320 e. The molecule has 0 spiro atoms. The van der Waals surface area contributed by atoms with E-state index in [4.69, 9.17) is 4.74 Å². The van der Waals surface area contributed by atoms with Gasteiger partial charge in [0.2, 0.25) is 5.95 Å². The molecule has 13 heteroatoms. The Labute approximate surface area is 273 Å². The lowest BCUT2D eigenvalue weighted by atomic mass is 9.85. The lowest BCUT2D eigenvalue weighted by Gasteiger charge is -2.39. The molecule has 246 valence electrons. The Morgan fingerprint density at radius 2 is 1.83 bits per heavy atom. The average molecular weight is 639 g/mol. The van der Waals surface area contributed by atoms with Gasteiger partial charge in [-0.1, -0.05) is 31.2 Å². The third kappa shape index (κ3) is 6.14. The van der Waals surface area contributed by atoms with E-state index < -0.39 is 0 Å². The van der Waals surface area contributed by atoms with E-state index in [1.807, 2.05) is 47.9 Å². The molecule has 4 aromatic heterocycles. The highest BCUT2D eigenvalue weighted by atomic mass is 16.5. The second-order valence-electron chi connectivity index (χ2n) is 12.6. The van der Waals surface area contributed by atoms with Gasteiger partial charge in [-0.15, -0.1) is 10.2 Å². The van der Waals surface area contributed by atoms with Crippen LogP contribution in [0, 0.1) is 0 Å². The molecule has 0 saturated carbocycles. The Bertz CT molecular complexity index is 1850. The fraction of sp³-hybridized carbons (Fsp3) is 0.441. The molecule has 0 bridgehead atoms. The molecule has 5 heterocycles. The second kappa shape index (κ2) is 13.1. The van der Waals surface area contributed by atoms with E-state index in [-0.39, 0.29) is 24.8 Å². The summed E-state index contributed by atoms with van der Waals surface area (Å²) in [6.45, 7) is 6.89. The number of carbonyl (C=O) groups excluding carboxylic acids is 1. The molecule has 7 rings (SSSR count). The van der Waals surface area contributed by atoms with Gasteiger partial charge in [-0.2, -0.15) is 10.2 Å². The molecule has 1 saturated heterocycles. The van der Waals surface area contributed by atoms with Gasteiger partial charge < -0.3 is 20.1 Å². The fourth-order valence-corrected chi connectivity index (χ4v) is 6.99. The number of hydrogen-bond donors (Lipinski definition) is 3. The highest BCUT2D eigenvalue weighted by molar-refractivity contribution is 5.89. The maximum atomic E-state index is 13.4. The molecule has 1 aliphatic heterocycles. The Balaban J connectivity index is 1.07. The number of rotatable bonds is 9. The number of carbonyl (C=O) groups is 1. The summed E-state index contributed by atoms with van der Waals surface area (Å²) in [5, 5.41) is 33.4. The molecular formula is C34H42N10O3. The normalized spacial score (nSPS) is 21.1. The number of anilines is 2. The third-order valence-corrected chi connectivity index (χ3v) is 9.36. The van der Waals surface area contributed by atoms with Crippen molar-refractivity contribution in [2.45, 2.75) is 90.1 Å². The van der Waals surface area contributed by atoms with E-state index >= 15 is 0 Å². The molecule has 3 N–H and O–H groups in total. The van der Waals surface area contributed by atoms with Crippen LogP contribution in [-0.4, -0.2) is 64.0 Å². The highest BCUT2D eigenvalue weighted by Crippen LogP contribution is 2.39. The molecule has 2 unspecified atom stereocenters. The van der Waals surface area contributed by atoms with Crippen molar-refractivity contribution in [1.29, 1.82) is 0 Å². The predicted molar refractivity (Wildman–Crippen MR) is 178 cm³/mol. The maximum absolute atomic E-state index is 13.4. The number of urea groups is 1. The van der Waals surface area contributed by atoms with E-state index in [0.29, 0.717) is 43.0 Å². The standard InChI is InChI=1S/C34H42N10O3/c1-4-24-18-32(44(40-24)25-19-35-41(20-25)16-17-45)37-33(46)36-29-13-14-30(28-11-6-5-10-27(28)29)47-26-12-15-31-38-39-34(42(31)21-26)43-22(2)8-7-9-23(43)3/h5-6,10-12,15,18-23,29-30,45H,4,7-9,13-14,16-17H2,1-3H3,(H2,36,37,46)/t22-,23+,29?,30?. The van der Waals surface area contributed by atoms with Gasteiger partial charge in [0, 0.05) is 18.2 Å². The average Bonchev–Trinajstić information content (AvgIpc) is 3.81. The molecule has 5 aromatic rings. The summed E-state index contributed by atoms with van der Waals surface area (Å²) in [7, 11) is 0. The van der Waals surface area contributed by atoms with E-state index in [0.717, 1.165) is 53.4 Å². The quantitative estimate of drug-likeness (QED) is 0.200. The van der Waals surface area contributed by atoms with Gasteiger partial charge in [0.1, 0.15) is 23.4 Å². The van der Waals surface area contributed by atoms with Crippen molar-refractivity contribution in [3.8, 4) is 11.4 Å². The molecule has 13 nitrogen and oxygen atoms in total. The molecule has 1 fully saturated rings. The van der Waals surface area contributed by atoms with E-state index in [2.05, 4.69) is 61.9 Å². The summed E-state index contributed by atoms with van der Waals surface area (Å²) in [5.74, 6) is 2.16. The molecule has 4 atom stereocenters. The number of aromatic nitrogens is 7. The minimum atomic E-state index is -0.317. The monoisotopic (exact) mass is 638 g/mol. The van der Waals surface area contributed by atoms with Gasteiger partial charge in [0.15, 0.2) is 5.65 Å². The lowest BCUT2D eigenvalue weighted by Crippen LogP contribution is -2.44. The Hall–Kier alpha value is -4.91. The zero-order valence-electron chi connectivity index (χ0n) is 27.1. The molecule has 1 aliphatic carbocycles. The van der Waals surface area contributed by atoms with Crippen molar-refractivity contribution in [1.82, 2.24) is 39.5 Å². The second-order valence-corrected chi connectivity index (χ2v) is 12.6. The Morgan fingerprint density at radius 3 is 2.62 bits per heavy atom.